The molecule has 2 N–H and O–H groups in total. The van der Waals surface area contributed by atoms with Crippen molar-refractivity contribution in [1.82, 2.24) is 15.2 Å². The highest BCUT2D eigenvalue weighted by molar-refractivity contribution is 7.99. The van der Waals surface area contributed by atoms with E-state index in [9.17, 15) is 4.79 Å². The second-order valence-electron chi connectivity index (χ2n) is 4.31. The molecule has 0 saturated heterocycles. The van der Waals surface area contributed by atoms with Crippen molar-refractivity contribution in [2.75, 3.05) is 11.6 Å². The summed E-state index contributed by atoms with van der Waals surface area (Å²) in [6.07, 6.45) is 1.89. The SMILES string of the molecule is CS[C@@H](C)C(=O)Nc1ccc(-c2n[nH]c(C)n2)c(Cl)c1. The number of carbonyl (C=O) groups excluding carboxylic acids is 1. The van der Waals surface area contributed by atoms with Gasteiger partial charge in [-0.25, -0.2) is 4.98 Å². The monoisotopic (exact) mass is 310 g/mol. The molecular weight excluding hydrogens is 296 g/mol. The van der Waals surface area contributed by atoms with E-state index in [0.717, 1.165) is 11.4 Å². The number of nitrogens with one attached hydrogen (secondary N) is 2. The van der Waals surface area contributed by atoms with Crippen molar-refractivity contribution in [3.05, 3.63) is 29.0 Å². The molecule has 0 fully saturated rings. The lowest BCUT2D eigenvalue weighted by Gasteiger charge is -2.10. The summed E-state index contributed by atoms with van der Waals surface area (Å²) in [5.41, 5.74) is 1.39. The number of rotatable bonds is 4. The number of nitrogens with zero attached hydrogens (tertiary/aromatic N) is 2. The normalized spacial score (nSPS) is 12.2. The number of aryl methyl sites for hydroxylation is 1. The van der Waals surface area contributed by atoms with Crippen LogP contribution in [0.3, 0.4) is 0 Å². The molecule has 0 aliphatic heterocycles. The van der Waals surface area contributed by atoms with E-state index in [1.807, 2.05) is 20.1 Å². The van der Waals surface area contributed by atoms with Crippen molar-refractivity contribution in [3.63, 3.8) is 0 Å². The van der Waals surface area contributed by atoms with Gasteiger partial charge in [-0.2, -0.15) is 16.9 Å². The molecule has 7 heteroatoms. The molecule has 20 heavy (non-hydrogen) atoms. The van der Waals surface area contributed by atoms with Crippen molar-refractivity contribution in [2.45, 2.75) is 19.1 Å². The van der Waals surface area contributed by atoms with E-state index in [1.54, 1.807) is 18.2 Å². The van der Waals surface area contributed by atoms with Crippen LogP contribution in [0.1, 0.15) is 12.7 Å². The predicted octanol–water partition coefficient (Wildman–Crippen LogP) is 3.12. The van der Waals surface area contributed by atoms with Gasteiger partial charge in [0.1, 0.15) is 5.82 Å². The number of aromatic amines is 1. The lowest BCUT2D eigenvalue weighted by atomic mass is 10.2. The van der Waals surface area contributed by atoms with Crippen molar-refractivity contribution in [2.24, 2.45) is 0 Å². The van der Waals surface area contributed by atoms with Crippen LogP contribution in [0.25, 0.3) is 11.4 Å². The summed E-state index contributed by atoms with van der Waals surface area (Å²) in [5, 5.41) is 10.1. The average molecular weight is 311 g/mol. The molecule has 106 valence electrons. The molecule has 0 aliphatic rings. The van der Waals surface area contributed by atoms with Crippen LogP contribution in [0, 0.1) is 6.92 Å². The van der Waals surface area contributed by atoms with E-state index in [1.165, 1.54) is 11.8 Å². The summed E-state index contributed by atoms with van der Waals surface area (Å²) in [5.74, 6) is 1.22. The summed E-state index contributed by atoms with van der Waals surface area (Å²) in [6, 6.07) is 5.29. The summed E-state index contributed by atoms with van der Waals surface area (Å²) in [7, 11) is 0. The number of halogens is 1. The maximum Gasteiger partial charge on any atom is 0.237 e. The van der Waals surface area contributed by atoms with Gasteiger partial charge in [-0.05, 0) is 38.3 Å². The number of hydrogen-bond donors (Lipinski definition) is 2. The van der Waals surface area contributed by atoms with Gasteiger partial charge in [-0.1, -0.05) is 11.6 Å². The topological polar surface area (TPSA) is 70.7 Å². The Morgan fingerprint density at radius 3 is 2.80 bits per heavy atom. The minimum Gasteiger partial charge on any atom is -0.325 e. The van der Waals surface area contributed by atoms with Gasteiger partial charge in [-0.3, -0.25) is 9.89 Å². The number of anilines is 1. The zero-order valence-corrected chi connectivity index (χ0v) is 13.0. The van der Waals surface area contributed by atoms with Gasteiger partial charge in [0, 0.05) is 11.3 Å². The van der Waals surface area contributed by atoms with Crippen LogP contribution in [0.4, 0.5) is 5.69 Å². The van der Waals surface area contributed by atoms with Crippen molar-refractivity contribution < 1.29 is 4.79 Å². The fraction of sp³-hybridized carbons (Fsp3) is 0.308. The Labute approximate surface area is 126 Å². The Balaban J connectivity index is 2.20. The van der Waals surface area contributed by atoms with Gasteiger partial charge in [0.05, 0.1) is 10.3 Å². The zero-order valence-electron chi connectivity index (χ0n) is 11.4. The number of carbonyl (C=O) groups is 1. The van der Waals surface area contributed by atoms with Crippen LogP contribution in [0.5, 0.6) is 0 Å². The smallest absolute Gasteiger partial charge is 0.237 e. The lowest BCUT2D eigenvalue weighted by Crippen LogP contribution is -2.21. The Kier molecular flexibility index (Phi) is 4.67. The molecule has 0 bridgehead atoms. The minimum atomic E-state index is -0.107. The lowest BCUT2D eigenvalue weighted by molar-refractivity contribution is -0.115. The Bertz CT molecular complexity index is 629. The Hall–Kier alpha value is -1.53. The van der Waals surface area contributed by atoms with Crippen LogP contribution in [-0.4, -0.2) is 32.6 Å². The molecular formula is C13H15ClN4OS. The molecule has 1 amide bonds. The van der Waals surface area contributed by atoms with Crippen molar-refractivity contribution >= 4 is 35.0 Å². The maximum atomic E-state index is 11.8. The molecule has 1 aromatic heterocycles. The number of hydrogen-bond acceptors (Lipinski definition) is 4. The van der Waals surface area contributed by atoms with Gasteiger partial charge >= 0.3 is 0 Å². The fourth-order valence-corrected chi connectivity index (χ4v) is 2.13. The standard InChI is InChI=1S/C13H15ClN4OS/c1-7(20-3)13(19)16-9-4-5-10(11(14)6-9)12-15-8(2)17-18-12/h4-7H,1-3H3,(H,16,19)(H,15,17,18)/t7-/m0/s1. The van der Waals surface area contributed by atoms with E-state index in [0.29, 0.717) is 16.5 Å². The molecule has 0 aliphatic carbocycles. The second kappa shape index (κ2) is 6.28. The van der Waals surface area contributed by atoms with Crippen LogP contribution >= 0.6 is 23.4 Å². The van der Waals surface area contributed by atoms with Crippen molar-refractivity contribution in [3.8, 4) is 11.4 Å². The van der Waals surface area contributed by atoms with E-state index in [4.69, 9.17) is 11.6 Å². The first-order valence-corrected chi connectivity index (χ1v) is 7.70. The van der Waals surface area contributed by atoms with Crippen LogP contribution in [0.2, 0.25) is 5.02 Å². The first-order valence-electron chi connectivity index (χ1n) is 6.04. The quantitative estimate of drug-likeness (QED) is 0.910. The molecule has 1 atom stereocenters. The molecule has 0 unspecified atom stereocenters. The fourth-order valence-electron chi connectivity index (χ4n) is 1.59. The third kappa shape index (κ3) is 3.32. The number of amides is 1. The third-order valence-corrected chi connectivity index (χ3v) is 4.03. The third-order valence-electron chi connectivity index (χ3n) is 2.80. The molecule has 2 rings (SSSR count). The second-order valence-corrected chi connectivity index (χ2v) is 5.89. The van der Waals surface area contributed by atoms with E-state index >= 15 is 0 Å². The number of benzene rings is 1. The molecule has 0 saturated carbocycles. The molecule has 0 spiro atoms. The van der Waals surface area contributed by atoms with Gasteiger partial charge in [0.15, 0.2) is 5.82 Å². The van der Waals surface area contributed by atoms with Gasteiger partial charge in [0.25, 0.3) is 0 Å². The average Bonchev–Trinajstić information content (AvgIpc) is 2.84. The summed E-state index contributed by atoms with van der Waals surface area (Å²) in [6.45, 7) is 3.68. The largest absolute Gasteiger partial charge is 0.325 e. The minimum absolute atomic E-state index is 0.0462. The van der Waals surface area contributed by atoms with Crippen molar-refractivity contribution in [1.29, 1.82) is 0 Å². The summed E-state index contributed by atoms with van der Waals surface area (Å²) >= 11 is 7.71. The van der Waals surface area contributed by atoms with Gasteiger partial charge < -0.3 is 5.32 Å². The van der Waals surface area contributed by atoms with Crippen LogP contribution in [-0.2, 0) is 4.79 Å². The highest BCUT2D eigenvalue weighted by Crippen LogP contribution is 2.28. The first-order chi connectivity index (χ1) is 9.51. The predicted molar refractivity (Wildman–Crippen MR) is 83.2 cm³/mol. The molecule has 0 radical (unpaired) electrons. The van der Waals surface area contributed by atoms with E-state index in [2.05, 4.69) is 20.5 Å². The van der Waals surface area contributed by atoms with Crippen LogP contribution in [0.15, 0.2) is 18.2 Å². The Morgan fingerprint density at radius 1 is 1.50 bits per heavy atom. The highest BCUT2D eigenvalue weighted by Gasteiger charge is 2.13. The number of H-pyrrole nitrogens is 1. The Morgan fingerprint density at radius 2 is 2.25 bits per heavy atom. The molecule has 2 aromatic rings. The summed E-state index contributed by atoms with van der Waals surface area (Å²) < 4.78 is 0. The first kappa shape index (κ1) is 14.9. The number of thioether (sulfide) groups is 1. The molecule has 1 aromatic carbocycles. The summed E-state index contributed by atoms with van der Waals surface area (Å²) in [4.78, 5) is 16.0. The van der Waals surface area contributed by atoms with E-state index in [-0.39, 0.29) is 11.2 Å². The molecule has 1 heterocycles. The van der Waals surface area contributed by atoms with Gasteiger partial charge in [-0.15, -0.1) is 0 Å². The van der Waals surface area contributed by atoms with E-state index < -0.39 is 0 Å². The maximum absolute atomic E-state index is 11.8. The number of aromatic nitrogens is 3. The van der Waals surface area contributed by atoms with Crippen LogP contribution < -0.4 is 5.32 Å². The van der Waals surface area contributed by atoms with Gasteiger partial charge in [0.2, 0.25) is 5.91 Å². The highest BCUT2D eigenvalue weighted by atomic mass is 35.5. The zero-order chi connectivity index (χ0) is 14.7. The molecule has 5 nitrogen and oxygen atoms in total.